The van der Waals surface area contributed by atoms with E-state index in [4.69, 9.17) is 10.3 Å². The molecule has 0 atom stereocenters. The second-order valence-electron chi connectivity index (χ2n) is 4.73. The maximum Gasteiger partial charge on any atom is 0.389 e. The van der Waals surface area contributed by atoms with E-state index in [1.807, 2.05) is 0 Å². The topological polar surface area (TPSA) is 64.9 Å². The van der Waals surface area contributed by atoms with Crippen LogP contribution in [0.2, 0.25) is 0 Å². The van der Waals surface area contributed by atoms with Gasteiger partial charge in [-0.15, -0.1) is 11.3 Å². The van der Waals surface area contributed by atoms with Crippen LogP contribution in [-0.2, 0) is 19.3 Å². The van der Waals surface area contributed by atoms with Crippen molar-refractivity contribution in [2.24, 2.45) is 0 Å². The third-order valence-corrected chi connectivity index (χ3v) is 4.38. The molecule has 2 N–H and O–H groups in total. The summed E-state index contributed by atoms with van der Waals surface area (Å²) < 4.78 is 41.6. The molecule has 20 heavy (non-hydrogen) atoms. The summed E-state index contributed by atoms with van der Waals surface area (Å²) in [5, 5.41) is 4.20. The normalized spacial score (nSPS) is 14.8. The highest BCUT2D eigenvalue weighted by atomic mass is 32.1. The van der Waals surface area contributed by atoms with E-state index in [-0.39, 0.29) is 18.1 Å². The Morgan fingerprint density at radius 2 is 2.10 bits per heavy atom. The Balaban J connectivity index is 1.84. The zero-order valence-electron chi connectivity index (χ0n) is 10.5. The standard InChI is InChI=1S/C12H12F3N3OS/c13-12(14,15)5-4-8-17-11(19-18-8)9-6-2-1-3-7(6)20-10(9)16/h1-5,16H2. The molecule has 0 saturated heterocycles. The Kier molecular flexibility index (Phi) is 3.19. The molecule has 0 unspecified atom stereocenters. The van der Waals surface area contributed by atoms with Gasteiger partial charge < -0.3 is 10.3 Å². The molecule has 0 bridgehead atoms. The molecule has 0 aliphatic heterocycles. The highest BCUT2D eigenvalue weighted by Crippen LogP contribution is 2.42. The highest BCUT2D eigenvalue weighted by molar-refractivity contribution is 7.16. The van der Waals surface area contributed by atoms with E-state index in [9.17, 15) is 13.2 Å². The lowest BCUT2D eigenvalue weighted by Crippen LogP contribution is -2.09. The lowest BCUT2D eigenvalue weighted by Gasteiger charge is -2.01. The van der Waals surface area contributed by atoms with E-state index in [1.165, 1.54) is 16.2 Å². The fourth-order valence-corrected chi connectivity index (χ4v) is 3.52. The second kappa shape index (κ2) is 4.76. The first-order valence-electron chi connectivity index (χ1n) is 6.24. The van der Waals surface area contributed by atoms with E-state index in [2.05, 4.69) is 10.1 Å². The number of nitrogens with zero attached hydrogens (tertiary/aromatic N) is 2. The molecule has 3 rings (SSSR count). The van der Waals surface area contributed by atoms with E-state index in [0.717, 1.165) is 24.8 Å². The van der Waals surface area contributed by atoms with Crippen molar-refractivity contribution in [1.82, 2.24) is 10.1 Å². The van der Waals surface area contributed by atoms with Gasteiger partial charge in [0.1, 0.15) is 0 Å². The summed E-state index contributed by atoms with van der Waals surface area (Å²) in [5.41, 5.74) is 7.77. The lowest BCUT2D eigenvalue weighted by molar-refractivity contribution is -0.134. The number of anilines is 1. The number of rotatable bonds is 3. The number of aromatic nitrogens is 2. The van der Waals surface area contributed by atoms with Crippen LogP contribution in [0, 0.1) is 0 Å². The summed E-state index contributed by atoms with van der Waals surface area (Å²) in [7, 11) is 0. The van der Waals surface area contributed by atoms with Crippen LogP contribution in [-0.4, -0.2) is 16.3 Å². The minimum atomic E-state index is -4.22. The average molecular weight is 303 g/mol. The van der Waals surface area contributed by atoms with Crippen LogP contribution in [0.1, 0.15) is 29.1 Å². The minimum Gasteiger partial charge on any atom is -0.390 e. The van der Waals surface area contributed by atoms with Gasteiger partial charge in [0.2, 0.25) is 0 Å². The number of nitrogens with two attached hydrogens (primary N) is 1. The molecule has 8 heteroatoms. The zero-order chi connectivity index (χ0) is 14.3. The number of thiophene rings is 1. The summed E-state index contributed by atoms with van der Waals surface area (Å²) in [4.78, 5) is 5.26. The van der Waals surface area contributed by atoms with Crippen molar-refractivity contribution < 1.29 is 17.7 Å². The number of aryl methyl sites for hydroxylation is 2. The van der Waals surface area contributed by atoms with Gasteiger partial charge in [0.15, 0.2) is 5.82 Å². The molecule has 1 aliphatic rings. The molecule has 0 spiro atoms. The van der Waals surface area contributed by atoms with Crippen molar-refractivity contribution >= 4 is 16.3 Å². The van der Waals surface area contributed by atoms with Crippen molar-refractivity contribution in [3.05, 3.63) is 16.3 Å². The Morgan fingerprint density at radius 3 is 2.85 bits per heavy atom. The minimum absolute atomic E-state index is 0.0645. The van der Waals surface area contributed by atoms with Crippen molar-refractivity contribution in [2.45, 2.75) is 38.3 Å². The van der Waals surface area contributed by atoms with Crippen LogP contribution >= 0.6 is 11.3 Å². The third kappa shape index (κ3) is 2.52. The SMILES string of the molecule is Nc1sc2c(c1-c1nc(CCC(F)(F)F)no1)CCC2. The van der Waals surface area contributed by atoms with Gasteiger partial charge in [0.05, 0.1) is 17.0 Å². The first kappa shape index (κ1) is 13.4. The maximum atomic E-state index is 12.2. The molecule has 0 fully saturated rings. The van der Waals surface area contributed by atoms with Crippen molar-refractivity contribution in [3.8, 4) is 11.5 Å². The van der Waals surface area contributed by atoms with Crippen molar-refractivity contribution in [1.29, 1.82) is 0 Å². The number of hydrogen-bond acceptors (Lipinski definition) is 5. The number of fused-ring (bicyclic) bond motifs is 1. The Labute approximate surface area is 116 Å². The van der Waals surface area contributed by atoms with Gasteiger partial charge >= 0.3 is 6.18 Å². The fraction of sp³-hybridized carbons (Fsp3) is 0.500. The van der Waals surface area contributed by atoms with Gasteiger partial charge in [-0.2, -0.15) is 18.2 Å². The molecule has 0 radical (unpaired) electrons. The van der Waals surface area contributed by atoms with Crippen molar-refractivity contribution in [2.75, 3.05) is 5.73 Å². The molecule has 2 heterocycles. The van der Waals surface area contributed by atoms with Gasteiger partial charge in [-0.25, -0.2) is 0 Å². The van der Waals surface area contributed by atoms with Gasteiger partial charge in [0, 0.05) is 11.3 Å². The van der Waals surface area contributed by atoms with E-state index in [1.54, 1.807) is 0 Å². The summed E-state index contributed by atoms with van der Waals surface area (Å²) in [6, 6.07) is 0. The van der Waals surface area contributed by atoms with E-state index < -0.39 is 12.6 Å². The number of halogens is 3. The fourth-order valence-electron chi connectivity index (χ4n) is 2.37. The molecule has 108 valence electrons. The first-order chi connectivity index (χ1) is 9.44. The Morgan fingerprint density at radius 1 is 1.30 bits per heavy atom. The van der Waals surface area contributed by atoms with Gasteiger partial charge in [-0.1, -0.05) is 5.16 Å². The monoisotopic (exact) mass is 303 g/mol. The zero-order valence-corrected chi connectivity index (χ0v) is 11.3. The molecule has 2 aromatic heterocycles. The lowest BCUT2D eigenvalue weighted by atomic mass is 10.1. The molecular weight excluding hydrogens is 291 g/mol. The summed E-state index contributed by atoms with van der Waals surface area (Å²) in [6.45, 7) is 0. The molecule has 4 nitrogen and oxygen atoms in total. The summed E-state index contributed by atoms with van der Waals surface area (Å²) in [6.07, 6.45) is -2.51. The predicted molar refractivity (Wildman–Crippen MR) is 68.4 cm³/mol. The largest absolute Gasteiger partial charge is 0.390 e. The van der Waals surface area contributed by atoms with Crippen LogP contribution in [0.15, 0.2) is 4.52 Å². The second-order valence-corrected chi connectivity index (χ2v) is 5.86. The molecular formula is C12H12F3N3OS. The molecule has 2 aromatic rings. The van der Waals surface area contributed by atoms with Crippen LogP contribution in [0.5, 0.6) is 0 Å². The molecule has 0 saturated carbocycles. The number of alkyl halides is 3. The third-order valence-electron chi connectivity index (χ3n) is 3.26. The Bertz CT molecular complexity index is 632. The van der Waals surface area contributed by atoms with E-state index in [0.29, 0.717) is 10.6 Å². The van der Waals surface area contributed by atoms with Gasteiger partial charge in [-0.3, -0.25) is 0 Å². The molecule has 0 amide bonds. The molecule has 1 aliphatic carbocycles. The van der Waals surface area contributed by atoms with Crippen LogP contribution in [0.4, 0.5) is 18.2 Å². The van der Waals surface area contributed by atoms with Crippen LogP contribution < -0.4 is 5.73 Å². The number of hydrogen-bond donors (Lipinski definition) is 1. The summed E-state index contributed by atoms with van der Waals surface area (Å²) >= 11 is 1.50. The average Bonchev–Trinajstić information content (AvgIpc) is 3.00. The van der Waals surface area contributed by atoms with Crippen LogP contribution in [0.3, 0.4) is 0 Å². The van der Waals surface area contributed by atoms with E-state index >= 15 is 0 Å². The van der Waals surface area contributed by atoms with Gasteiger partial charge in [0.25, 0.3) is 5.89 Å². The Hall–Kier alpha value is -1.57. The van der Waals surface area contributed by atoms with Crippen LogP contribution in [0.25, 0.3) is 11.5 Å². The maximum absolute atomic E-state index is 12.2. The number of nitrogen functional groups attached to an aromatic ring is 1. The van der Waals surface area contributed by atoms with Gasteiger partial charge in [-0.05, 0) is 24.8 Å². The smallest absolute Gasteiger partial charge is 0.389 e. The molecule has 0 aromatic carbocycles. The summed E-state index contributed by atoms with van der Waals surface area (Å²) in [5.74, 6) is 0.300. The highest BCUT2D eigenvalue weighted by Gasteiger charge is 2.29. The first-order valence-corrected chi connectivity index (χ1v) is 7.05. The van der Waals surface area contributed by atoms with Crippen molar-refractivity contribution in [3.63, 3.8) is 0 Å². The predicted octanol–water partition coefficient (Wildman–Crippen LogP) is 3.36. The quantitative estimate of drug-likeness (QED) is 0.944.